The third kappa shape index (κ3) is 4.19. The molecule has 1 fully saturated rings. The van der Waals surface area contributed by atoms with Crippen molar-refractivity contribution >= 4 is 22.9 Å². The Morgan fingerprint density at radius 3 is 2.58 bits per heavy atom. The number of amides is 1. The second kappa shape index (κ2) is 8.31. The second-order valence-corrected chi connectivity index (χ2v) is 7.45. The predicted molar refractivity (Wildman–Crippen MR) is 110 cm³/mol. The molecular formula is C21H22FN5O4. The van der Waals surface area contributed by atoms with E-state index >= 15 is 0 Å². The maximum absolute atomic E-state index is 15.0. The Kier molecular flexibility index (Phi) is 5.55. The summed E-state index contributed by atoms with van der Waals surface area (Å²) in [6.45, 7) is 6.55. The third-order valence-corrected chi connectivity index (χ3v) is 5.38. The Balaban J connectivity index is 1.50. The zero-order valence-electron chi connectivity index (χ0n) is 17.2. The SMILES string of the molecule is CC(=O)N1CCN(Cc2cc(Oc3ccc4c(cc(C)n4C(=O)O)c3F)ncn2)CC1. The van der Waals surface area contributed by atoms with Crippen molar-refractivity contribution in [2.75, 3.05) is 26.2 Å². The Morgan fingerprint density at radius 1 is 1.16 bits per heavy atom. The Bertz CT molecular complexity index is 1150. The molecule has 31 heavy (non-hydrogen) atoms. The van der Waals surface area contributed by atoms with Crippen LogP contribution in [0, 0.1) is 12.7 Å². The lowest BCUT2D eigenvalue weighted by Crippen LogP contribution is -2.47. The summed E-state index contributed by atoms with van der Waals surface area (Å²) in [6, 6.07) is 6.01. The van der Waals surface area contributed by atoms with Gasteiger partial charge in [0.15, 0.2) is 11.6 Å². The number of aromatic nitrogens is 3. The summed E-state index contributed by atoms with van der Waals surface area (Å²) in [5.74, 6) is -0.429. The number of hydrogen-bond acceptors (Lipinski definition) is 6. The Hall–Kier alpha value is -3.53. The van der Waals surface area contributed by atoms with Crippen LogP contribution in [0.3, 0.4) is 0 Å². The van der Waals surface area contributed by atoms with E-state index in [9.17, 15) is 19.1 Å². The van der Waals surface area contributed by atoms with Crippen LogP contribution in [0.2, 0.25) is 0 Å². The average Bonchev–Trinajstić information content (AvgIpc) is 3.08. The van der Waals surface area contributed by atoms with Crippen LogP contribution in [0.4, 0.5) is 9.18 Å². The molecule has 3 aromatic rings. The largest absolute Gasteiger partial charge is 0.464 e. The van der Waals surface area contributed by atoms with Crippen molar-refractivity contribution in [3.05, 3.63) is 47.8 Å². The Labute approximate surface area is 177 Å². The minimum atomic E-state index is -1.18. The van der Waals surface area contributed by atoms with Crippen LogP contribution >= 0.6 is 0 Å². The van der Waals surface area contributed by atoms with Crippen LogP contribution in [0.1, 0.15) is 18.3 Å². The lowest BCUT2D eigenvalue weighted by molar-refractivity contribution is -0.130. The second-order valence-electron chi connectivity index (χ2n) is 7.45. The summed E-state index contributed by atoms with van der Waals surface area (Å²) >= 11 is 0. The highest BCUT2D eigenvalue weighted by Gasteiger charge is 2.20. The molecule has 2 aromatic heterocycles. The van der Waals surface area contributed by atoms with Gasteiger partial charge in [-0.05, 0) is 25.1 Å². The van der Waals surface area contributed by atoms with Crippen LogP contribution in [0.15, 0.2) is 30.6 Å². The molecule has 0 aliphatic carbocycles. The lowest BCUT2D eigenvalue weighted by atomic mass is 10.2. The first-order chi connectivity index (χ1) is 14.8. The van der Waals surface area contributed by atoms with Gasteiger partial charge in [-0.2, -0.15) is 0 Å². The maximum atomic E-state index is 15.0. The topological polar surface area (TPSA) is 101 Å². The van der Waals surface area contributed by atoms with Crippen molar-refractivity contribution in [3.8, 4) is 11.6 Å². The van der Waals surface area contributed by atoms with Crippen LogP contribution in [0.5, 0.6) is 11.6 Å². The third-order valence-electron chi connectivity index (χ3n) is 5.38. The smallest absolute Gasteiger partial charge is 0.416 e. The molecule has 0 radical (unpaired) electrons. The fourth-order valence-electron chi connectivity index (χ4n) is 3.77. The highest BCUT2D eigenvalue weighted by atomic mass is 19.1. The number of ether oxygens (including phenoxy) is 1. The molecule has 1 aliphatic heterocycles. The molecule has 0 spiro atoms. The Morgan fingerprint density at radius 2 is 1.90 bits per heavy atom. The fourth-order valence-corrected chi connectivity index (χ4v) is 3.77. The molecule has 1 saturated heterocycles. The highest BCUT2D eigenvalue weighted by Crippen LogP contribution is 2.31. The van der Waals surface area contributed by atoms with E-state index in [4.69, 9.17) is 4.74 Å². The van der Waals surface area contributed by atoms with Crippen LogP contribution in [0.25, 0.3) is 10.9 Å². The molecule has 3 heterocycles. The van der Waals surface area contributed by atoms with Crippen LogP contribution in [-0.4, -0.2) is 67.6 Å². The number of nitrogens with zero attached hydrogens (tertiary/aromatic N) is 5. The van der Waals surface area contributed by atoms with Crippen molar-refractivity contribution in [1.82, 2.24) is 24.3 Å². The first-order valence-electron chi connectivity index (χ1n) is 9.84. The van der Waals surface area contributed by atoms with Gasteiger partial charge in [0.2, 0.25) is 11.8 Å². The molecule has 1 N–H and O–H groups in total. The van der Waals surface area contributed by atoms with E-state index in [1.807, 2.05) is 4.90 Å². The van der Waals surface area contributed by atoms with E-state index in [2.05, 4.69) is 14.9 Å². The summed E-state index contributed by atoms with van der Waals surface area (Å²) < 4.78 is 21.6. The van der Waals surface area contributed by atoms with Crippen molar-refractivity contribution in [3.63, 3.8) is 0 Å². The minimum absolute atomic E-state index is 0.0465. The van der Waals surface area contributed by atoms with Gasteiger partial charge in [-0.1, -0.05) is 0 Å². The molecule has 0 atom stereocenters. The number of piperazine rings is 1. The number of carbonyl (C=O) groups excluding carboxylic acids is 1. The normalized spacial score (nSPS) is 14.7. The zero-order valence-corrected chi connectivity index (χ0v) is 17.2. The van der Waals surface area contributed by atoms with Gasteiger partial charge in [-0.3, -0.25) is 9.69 Å². The van der Waals surface area contributed by atoms with E-state index in [0.717, 1.165) is 23.4 Å². The van der Waals surface area contributed by atoms with Crippen LogP contribution in [-0.2, 0) is 11.3 Å². The van der Waals surface area contributed by atoms with Gasteiger partial charge < -0.3 is 14.7 Å². The summed E-state index contributed by atoms with van der Waals surface area (Å²) in [5, 5.41) is 9.49. The molecule has 0 bridgehead atoms. The van der Waals surface area contributed by atoms with Gasteiger partial charge in [0.05, 0.1) is 11.2 Å². The summed E-state index contributed by atoms with van der Waals surface area (Å²) in [7, 11) is 0. The first-order valence-corrected chi connectivity index (χ1v) is 9.84. The summed E-state index contributed by atoms with van der Waals surface area (Å²) in [6.07, 6.45) is 0.183. The number of carboxylic acid groups (broad SMARTS) is 1. The van der Waals surface area contributed by atoms with Crippen molar-refractivity contribution in [2.24, 2.45) is 0 Å². The van der Waals surface area contributed by atoms with Gasteiger partial charge in [-0.25, -0.2) is 23.7 Å². The first kappa shape index (κ1) is 20.7. The van der Waals surface area contributed by atoms with Crippen LogP contribution < -0.4 is 4.74 Å². The van der Waals surface area contributed by atoms with Gasteiger partial charge in [0, 0.05) is 56.8 Å². The van der Waals surface area contributed by atoms with E-state index in [1.54, 1.807) is 19.9 Å². The molecule has 162 valence electrons. The average molecular weight is 427 g/mol. The predicted octanol–water partition coefficient (Wildman–Crippen LogP) is 2.86. The summed E-state index contributed by atoms with van der Waals surface area (Å²) in [5.41, 5.74) is 1.38. The maximum Gasteiger partial charge on any atom is 0.416 e. The van der Waals surface area contributed by atoms with E-state index in [-0.39, 0.29) is 28.4 Å². The van der Waals surface area contributed by atoms with E-state index in [1.165, 1.54) is 24.5 Å². The molecular weight excluding hydrogens is 405 g/mol. The number of benzene rings is 1. The number of aryl methyl sites for hydroxylation is 1. The van der Waals surface area contributed by atoms with Gasteiger partial charge >= 0.3 is 6.09 Å². The minimum Gasteiger partial charge on any atom is -0.464 e. The number of carbonyl (C=O) groups is 2. The zero-order chi connectivity index (χ0) is 22.1. The van der Waals surface area contributed by atoms with Gasteiger partial charge in [-0.15, -0.1) is 0 Å². The summed E-state index contributed by atoms with van der Waals surface area (Å²) in [4.78, 5) is 35.2. The van der Waals surface area contributed by atoms with Gasteiger partial charge in [0.25, 0.3) is 0 Å². The molecule has 1 aliphatic rings. The molecule has 1 amide bonds. The number of hydrogen-bond donors (Lipinski definition) is 1. The number of rotatable bonds is 4. The highest BCUT2D eigenvalue weighted by molar-refractivity contribution is 5.91. The van der Waals surface area contributed by atoms with E-state index in [0.29, 0.717) is 25.3 Å². The van der Waals surface area contributed by atoms with Crippen molar-refractivity contribution < 1.29 is 23.8 Å². The molecule has 0 unspecified atom stereocenters. The lowest BCUT2D eigenvalue weighted by Gasteiger charge is -2.33. The molecule has 9 nitrogen and oxygen atoms in total. The number of fused-ring (bicyclic) bond motifs is 1. The molecule has 0 saturated carbocycles. The fraction of sp³-hybridized carbons (Fsp3) is 0.333. The molecule has 4 rings (SSSR count). The van der Waals surface area contributed by atoms with E-state index < -0.39 is 11.9 Å². The molecule has 1 aromatic carbocycles. The molecule has 10 heteroatoms. The van der Waals surface area contributed by atoms with Gasteiger partial charge in [0.1, 0.15) is 6.33 Å². The monoisotopic (exact) mass is 427 g/mol. The van der Waals surface area contributed by atoms with Crippen molar-refractivity contribution in [1.29, 1.82) is 0 Å². The number of halogens is 1. The quantitative estimate of drug-likeness (QED) is 0.683. The standard InChI is InChI=1S/C21H22FN5O4/c1-13-9-16-17(27(13)21(29)30)3-4-18(20(16)22)31-19-10-15(23-12-24-19)11-25-5-7-26(8-6-25)14(2)28/h3-4,9-10,12H,5-8,11H2,1-2H3,(H,29,30). The van der Waals surface area contributed by atoms with Crippen molar-refractivity contribution in [2.45, 2.75) is 20.4 Å².